The molecular weight excluding hydrogens is 452 g/mol. The van der Waals surface area contributed by atoms with Gasteiger partial charge in [-0.1, -0.05) is 59.2 Å². The number of methoxy groups -OCH3 is 1. The van der Waals surface area contributed by atoms with Crippen molar-refractivity contribution in [2.45, 2.75) is 13.0 Å². The topological polar surface area (TPSA) is 80.5 Å². The Kier molecular flexibility index (Phi) is 5.77. The van der Waals surface area contributed by atoms with Gasteiger partial charge in [0, 0.05) is 16.3 Å². The number of hydrogen-bond donors (Lipinski definition) is 1. The standard InChI is InChI=1S/C26H21ClN4O3/c1-16-22(25-29-24(30-34-25)17-7-4-3-5-8-17)23(18-9-6-10-21(15-18)33-2)28-26(32)31(16)20-13-11-19(27)12-14-20/h3-15,23H,1-2H3,(H,28,32). The van der Waals surface area contributed by atoms with Crippen LogP contribution in [-0.2, 0) is 0 Å². The largest absolute Gasteiger partial charge is 0.497 e. The fourth-order valence-corrected chi connectivity index (χ4v) is 4.16. The van der Waals surface area contributed by atoms with Crippen LogP contribution >= 0.6 is 11.6 Å². The molecule has 170 valence electrons. The van der Waals surface area contributed by atoms with Gasteiger partial charge in [0.1, 0.15) is 5.75 Å². The van der Waals surface area contributed by atoms with E-state index in [1.165, 1.54) is 0 Å². The molecule has 0 saturated carbocycles. The van der Waals surface area contributed by atoms with Crippen LogP contribution in [0.5, 0.6) is 5.75 Å². The molecule has 7 nitrogen and oxygen atoms in total. The molecule has 8 heteroatoms. The Morgan fingerprint density at radius 3 is 2.53 bits per heavy atom. The molecule has 0 bridgehead atoms. The third kappa shape index (κ3) is 4.02. The van der Waals surface area contributed by atoms with Crippen molar-refractivity contribution in [2.24, 2.45) is 0 Å². The normalized spacial score (nSPS) is 15.9. The van der Waals surface area contributed by atoms with Gasteiger partial charge < -0.3 is 14.6 Å². The average molecular weight is 473 g/mol. The molecule has 1 atom stereocenters. The van der Waals surface area contributed by atoms with E-state index < -0.39 is 6.04 Å². The first-order chi connectivity index (χ1) is 16.5. The molecule has 1 aliphatic heterocycles. The molecule has 1 aliphatic rings. The summed E-state index contributed by atoms with van der Waals surface area (Å²) in [4.78, 5) is 19.5. The molecule has 1 aromatic heterocycles. The van der Waals surface area contributed by atoms with E-state index in [-0.39, 0.29) is 6.03 Å². The zero-order valence-corrected chi connectivity index (χ0v) is 19.3. The summed E-state index contributed by atoms with van der Waals surface area (Å²) in [5.74, 6) is 1.47. The Morgan fingerprint density at radius 1 is 1.03 bits per heavy atom. The molecule has 2 heterocycles. The van der Waals surface area contributed by atoms with Crippen molar-refractivity contribution in [3.8, 4) is 17.1 Å². The molecule has 0 spiro atoms. The minimum atomic E-state index is -0.518. The molecule has 0 radical (unpaired) electrons. The number of amides is 2. The molecule has 2 amide bonds. The first-order valence-corrected chi connectivity index (χ1v) is 11.0. The fourth-order valence-electron chi connectivity index (χ4n) is 4.03. The minimum Gasteiger partial charge on any atom is -0.497 e. The number of nitrogens with zero attached hydrogens (tertiary/aromatic N) is 3. The zero-order chi connectivity index (χ0) is 23.7. The highest BCUT2D eigenvalue weighted by Gasteiger charge is 2.36. The van der Waals surface area contributed by atoms with Crippen LogP contribution in [0.15, 0.2) is 89.1 Å². The maximum atomic E-state index is 13.3. The molecule has 1 unspecified atom stereocenters. The van der Waals surface area contributed by atoms with Gasteiger partial charge in [0.2, 0.25) is 5.82 Å². The van der Waals surface area contributed by atoms with E-state index in [1.54, 1.807) is 36.3 Å². The molecule has 0 fully saturated rings. The Labute approximate surface area is 201 Å². The Balaban J connectivity index is 1.66. The third-order valence-corrected chi connectivity index (χ3v) is 5.94. The van der Waals surface area contributed by atoms with Gasteiger partial charge in [-0.3, -0.25) is 4.90 Å². The lowest BCUT2D eigenvalue weighted by atomic mass is 9.94. The van der Waals surface area contributed by atoms with Gasteiger partial charge in [-0.05, 0) is 48.9 Å². The number of hydrogen-bond acceptors (Lipinski definition) is 5. The number of benzene rings is 3. The van der Waals surface area contributed by atoms with Gasteiger partial charge in [-0.2, -0.15) is 4.98 Å². The highest BCUT2D eigenvalue weighted by molar-refractivity contribution is 6.30. The maximum Gasteiger partial charge on any atom is 0.326 e. The second-order valence-corrected chi connectivity index (χ2v) is 8.20. The van der Waals surface area contributed by atoms with Crippen LogP contribution in [0.3, 0.4) is 0 Å². The average Bonchev–Trinajstić information content (AvgIpc) is 3.35. The second kappa shape index (κ2) is 9.03. The summed E-state index contributed by atoms with van der Waals surface area (Å²) < 4.78 is 11.1. The van der Waals surface area contributed by atoms with Crippen molar-refractivity contribution < 1.29 is 14.1 Å². The fraction of sp³-hybridized carbons (Fsp3) is 0.115. The molecule has 0 saturated heterocycles. The van der Waals surface area contributed by atoms with Crippen LogP contribution in [0.1, 0.15) is 24.4 Å². The van der Waals surface area contributed by atoms with Crippen LogP contribution in [0.2, 0.25) is 5.02 Å². The lowest BCUT2D eigenvalue weighted by Crippen LogP contribution is -2.46. The first-order valence-electron chi connectivity index (χ1n) is 10.7. The van der Waals surface area contributed by atoms with Gasteiger partial charge in [0.25, 0.3) is 5.89 Å². The number of aromatic nitrogens is 2. The van der Waals surface area contributed by atoms with Crippen molar-refractivity contribution in [2.75, 3.05) is 12.0 Å². The van der Waals surface area contributed by atoms with Crippen molar-refractivity contribution >= 4 is 28.9 Å². The van der Waals surface area contributed by atoms with E-state index >= 15 is 0 Å². The molecule has 4 aromatic rings. The lowest BCUT2D eigenvalue weighted by Gasteiger charge is -2.35. The summed E-state index contributed by atoms with van der Waals surface area (Å²) in [6, 6.07) is 23.4. The Bertz CT molecular complexity index is 1370. The van der Waals surface area contributed by atoms with Crippen LogP contribution in [0.25, 0.3) is 17.0 Å². The molecule has 5 rings (SSSR count). The summed E-state index contributed by atoms with van der Waals surface area (Å²) in [6.45, 7) is 1.86. The molecular formula is C26H21ClN4O3. The maximum absolute atomic E-state index is 13.3. The van der Waals surface area contributed by atoms with E-state index in [0.717, 1.165) is 11.1 Å². The van der Waals surface area contributed by atoms with E-state index in [1.807, 2.05) is 61.5 Å². The second-order valence-electron chi connectivity index (χ2n) is 7.76. The predicted octanol–water partition coefficient (Wildman–Crippen LogP) is 6.10. The van der Waals surface area contributed by atoms with Crippen LogP contribution in [-0.4, -0.2) is 23.3 Å². The van der Waals surface area contributed by atoms with Crippen molar-refractivity contribution in [1.29, 1.82) is 0 Å². The van der Waals surface area contributed by atoms with E-state index in [9.17, 15) is 4.79 Å². The van der Waals surface area contributed by atoms with Gasteiger partial charge >= 0.3 is 6.03 Å². The van der Waals surface area contributed by atoms with Gasteiger partial charge in [-0.25, -0.2) is 4.79 Å². The molecule has 0 aliphatic carbocycles. The monoisotopic (exact) mass is 472 g/mol. The molecule has 3 aromatic carbocycles. The number of nitrogens with one attached hydrogen (secondary N) is 1. The number of allylic oxidation sites excluding steroid dienone is 1. The number of carbonyl (C=O) groups is 1. The summed E-state index contributed by atoms with van der Waals surface area (Å²) in [5.41, 5.74) is 3.70. The third-order valence-electron chi connectivity index (χ3n) is 5.69. The van der Waals surface area contributed by atoms with Crippen molar-refractivity contribution in [3.63, 3.8) is 0 Å². The summed E-state index contributed by atoms with van der Waals surface area (Å²) in [5, 5.41) is 7.87. The summed E-state index contributed by atoms with van der Waals surface area (Å²) >= 11 is 6.06. The highest BCUT2D eigenvalue weighted by Crippen LogP contribution is 2.39. The van der Waals surface area contributed by atoms with Crippen LogP contribution in [0, 0.1) is 0 Å². The quantitative estimate of drug-likeness (QED) is 0.379. The predicted molar refractivity (Wildman–Crippen MR) is 131 cm³/mol. The number of halogens is 1. The Hall–Kier alpha value is -4.10. The van der Waals surface area contributed by atoms with Gasteiger partial charge in [-0.15, -0.1) is 0 Å². The molecule has 34 heavy (non-hydrogen) atoms. The SMILES string of the molecule is COc1cccc(C2NC(=O)N(c3ccc(Cl)cc3)C(C)=C2c2nc(-c3ccccc3)no2)c1. The lowest BCUT2D eigenvalue weighted by molar-refractivity contribution is 0.244. The summed E-state index contributed by atoms with van der Waals surface area (Å²) in [6.07, 6.45) is 0. The van der Waals surface area contributed by atoms with E-state index in [0.29, 0.717) is 39.4 Å². The van der Waals surface area contributed by atoms with Crippen LogP contribution in [0.4, 0.5) is 10.5 Å². The molecule has 1 N–H and O–H groups in total. The summed E-state index contributed by atoms with van der Waals surface area (Å²) in [7, 11) is 1.60. The number of carbonyl (C=O) groups excluding carboxylic acids is 1. The zero-order valence-electron chi connectivity index (χ0n) is 18.5. The van der Waals surface area contributed by atoms with Gasteiger partial charge in [0.05, 0.1) is 24.4 Å². The number of ether oxygens (including phenoxy) is 1. The van der Waals surface area contributed by atoms with Crippen molar-refractivity contribution in [3.05, 3.63) is 101 Å². The number of urea groups is 1. The Morgan fingerprint density at radius 2 is 1.79 bits per heavy atom. The minimum absolute atomic E-state index is 0.279. The van der Waals surface area contributed by atoms with Crippen molar-refractivity contribution in [1.82, 2.24) is 15.5 Å². The smallest absolute Gasteiger partial charge is 0.326 e. The highest BCUT2D eigenvalue weighted by atomic mass is 35.5. The number of anilines is 1. The van der Waals surface area contributed by atoms with E-state index in [4.69, 9.17) is 20.9 Å². The first kappa shape index (κ1) is 21.7. The number of rotatable bonds is 5. The van der Waals surface area contributed by atoms with E-state index in [2.05, 4.69) is 15.5 Å². The van der Waals surface area contributed by atoms with Crippen LogP contribution < -0.4 is 15.0 Å². The van der Waals surface area contributed by atoms with Gasteiger partial charge in [0.15, 0.2) is 0 Å².